The normalized spacial score (nSPS) is 26.7. The number of para-hydroxylation sites is 1. The Labute approximate surface area is 192 Å². The molecule has 0 amide bonds. The fourth-order valence-corrected chi connectivity index (χ4v) is 6.50. The lowest BCUT2D eigenvalue weighted by atomic mass is 9.67. The number of ether oxygens (including phenoxy) is 1. The lowest BCUT2D eigenvalue weighted by molar-refractivity contribution is 0.0694. The van der Waals surface area contributed by atoms with Crippen molar-refractivity contribution in [3.63, 3.8) is 0 Å². The van der Waals surface area contributed by atoms with Gasteiger partial charge in [0.05, 0.1) is 22.9 Å². The highest BCUT2D eigenvalue weighted by Crippen LogP contribution is 2.64. The third-order valence-electron chi connectivity index (χ3n) is 7.81. The van der Waals surface area contributed by atoms with Crippen molar-refractivity contribution in [3.8, 4) is 5.75 Å². The number of nitrogens with one attached hydrogen (secondary N) is 1. The van der Waals surface area contributed by atoms with Crippen molar-refractivity contribution < 1.29 is 19.4 Å². The van der Waals surface area contributed by atoms with Gasteiger partial charge >= 0.3 is 11.9 Å². The molecule has 6 rings (SSSR count). The average Bonchev–Trinajstić information content (AvgIpc) is 3.47. The zero-order chi connectivity index (χ0) is 22.5. The van der Waals surface area contributed by atoms with Crippen molar-refractivity contribution in [1.29, 1.82) is 0 Å². The summed E-state index contributed by atoms with van der Waals surface area (Å²) in [5, 5.41) is 13.4. The van der Waals surface area contributed by atoms with E-state index in [0.717, 1.165) is 16.8 Å². The number of aromatic carboxylic acids is 1. The van der Waals surface area contributed by atoms with Crippen LogP contribution in [0.3, 0.4) is 0 Å². The minimum Gasteiger partial charge on any atom is -0.478 e. The van der Waals surface area contributed by atoms with Crippen molar-refractivity contribution in [2.24, 2.45) is 17.8 Å². The van der Waals surface area contributed by atoms with Crippen molar-refractivity contribution in [1.82, 2.24) is 0 Å². The topological polar surface area (TPSA) is 75.6 Å². The first-order valence-electron chi connectivity index (χ1n) is 11.6. The van der Waals surface area contributed by atoms with Gasteiger partial charge in [-0.05, 0) is 84.4 Å². The molecule has 1 aliphatic heterocycles. The number of anilines is 1. The molecular weight excluding hydrogens is 414 g/mol. The van der Waals surface area contributed by atoms with Gasteiger partial charge in [0, 0.05) is 0 Å². The summed E-state index contributed by atoms with van der Waals surface area (Å²) in [6.07, 6.45) is 3.69. The van der Waals surface area contributed by atoms with Gasteiger partial charge in [0.1, 0.15) is 5.75 Å². The van der Waals surface area contributed by atoms with E-state index in [0.29, 0.717) is 40.5 Å². The lowest BCUT2D eigenvalue weighted by Gasteiger charge is -2.44. The molecule has 1 heterocycles. The van der Waals surface area contributed by atoms with Crippen LogP contribution in [0.2, 0.25) is 0 Å². The molecule has 0 spiro atoms. The Morgan fingerprint density at radius 2 is 1.64 bits per heavy atom. The van der Waals surface area contributed by atoms with E-state index >= 15 is 0 Å². The fraction of sp³-hybridized carbons (Fsp3) is 0.286. The highest BCUT2D eigenvalue weighted by molar-refractivity contribution is 5.95. The number of fused-ring (bicyclic) bond motifs is 7. The Balaban J connectivity index is 1.32. The first-order chi connectivity index (χ1) is 16.1. The van der Waals surface area contributed by atoms with Crippen molar-refractivity contribution in [2.45, 2.75) is 31.2 Å². The molecule has 5 atom stereocenters. The number of carboxylic acids is 1. The van der Waals surface area contributed by atoms with Crippen LogP contribution >= 0.6 is 0 Å². The monoisotopic (exact) mass is 439 g/mol. The van der Waals surface area contributed by atoms with Crippen LogP contribution in [0.1, 0.15) is 63.1 Å². The average molecular weight is 440 g/mol. The van der Waals surface area contributed by atoms with Gasteiger partial charge in [-0.3, -0.25) is 0 Å². The van der Waals surface area contributed by atoms with Crippen LogP contribution in [-0.2, 0) is 0 Å². The first-order valence-corrected chi connectivity index (χ1v) is 11.6. The van der Waals surface area contributed by atoms with E-state index in [-0.39, 0.29) is 12.0 Å². The zero-order valence-electron chi connectivity index (χ0n) is 18.1. The van der Waals surface area contributed by atoms with Gasteiger partial charge in [-0.25, -0.2) is 9.59 Å². The third kappa shape index (κ3) is 3.30. The summed E-state index contributed by atoms with van der Waals surface area (Å²) in [4.78, 5) is 24.3. The molecule has 5 nitrogen and oxygen atoms in total. The Bertz CT molecular complexity index is 1220. The van der Waals surface area contributed by atoms with Gasteiger partial charge in [-0.1, -0.05) is 42.5 Å². The Morgan fingerprint density at radius 3 is 2.39 bits per heavy atom. The Kier molecular flexibility index (Phi) is 4.72. The zero-order valence-corrected chi connectivity index (χ0v) is 18.1. The van der Waals surface area contributed by atoms with E-state index in [2.05, 4.69) is 11.4 Å². The van der Waals surface area contributed by atoms with Crippen molar-refractivity contribution in [2.75, 3.05) is 5.32 Å². The number of carboxylic acid groups (broad SMARTS) is 1. The van der Waals surface area contributed by atoms with Gasteiger partial charge in [0.15, 0.2) is 0 Å². The summed E-state index contributed by atoms with van der Waals surface area (Å²) in [5.41, 5.74) is 3.88. The van der Waals surface area contributed by atoms with Crippen LogP contribution in [-0.4, -0.2) is 17.0 Å². The number of hydrogen-bond acceptors (Lipinski definition) is 4. The summed E-state index contributed by atoms with van der Waals surface area (Å²) < 4.78 is 5.55. The van der Waals surface area contributed by atoms with E-state index in [1.54, 1.807) is 18.2 Å². The highest BCUT2D eigenvalue weighted by Gasteiger charge is 2.54. The van der Waals surface area contributed by atoms with Gasteiger partial charge < -0.3 is 15.2 Å². The Morgan fingerprint density at radius 1 is 0.879 bits per heavy atom. The molecule has 3 aromatic carbocycles. The van der Waals surface area contributed by atoms with Crippen LogP contribution in [0.15, 0.2) is 72.8 Å². The van der Waals surface area contributed by atoms with E-state index in [4.69, 9.17) is 4.74 Å². The van der Waals surface area contributed by atoms with Crippen LogP contribution in [0, 0.1) is 17.8 Å². The van der Waals surface area contributed by atoms with Crippen LogP contribution in [0.5, 0.6) is 5.75 Å². The predicted molar refractivity (Wildman–Crippen MR) is 125 cm³/mol. The molecule has 0 unspecified atom stereocenters. The van der Waals surface area contributed by atoms with E-state index in [1.165, 1.54) is 19.3 Å². The molecule has 2 aliphatic carbocycles. The molecule has 0 saturated heterocycles. The first kappa shape index (κ1) is 20.0. The SMILES string of the molecule is O=C(Oc1ccc([C@@H]2Nc3c(C(=O)O)cccc3[C@@H]3[C@H]4CC[C@@H](C4)[C@H]32)cc1)c1ccccc1. The molecule has 5 heteroatoms. The van der Waals surface area contributed by atoms with Crippen LogP contribution < -0.4 is 10.1 Å². The predicted octanol–water partition coefficient (Wildman–Crippen LogP) is 5.90. The second-order valence-electron chi connectivity index (χ2n) is 9.46. The molecule has 2 N–H and O–H groups in total. The number of rotatable bonds is 4. The quantitative estimate of drug-likeness (QED) is 0.391. The summed E-state index contributed by atoms with van der Waals surface area (Å²) >= 11 is 0. The second-order valence-corrected chi connectivity index (χ2v) is 9.46. The molecule has 2 fully saturated rings. The third-order valence-corrected chi connectivity index (χ3v) is 7.81. The highest BCUT2D eigenvalue weighted by atomic mass is 16.5. The second kappa shape index (κ2) is 7.77. The van der Waals surface area contributed by atoms with Crippen molar-refractivity contribution in [3.05, 3.63) is 95.1 Å². The molecule has 3 aliphatic rings. The van der Waals surface area contributed by atoms with Crippen molar-refractivity contribution >= 4 is 17.6 Å². The molecule has 3 aromatic rings. The maximum absolute atomic E-state index is 12.4. The number of esters is 1. The maximum Gasteiger partial charge on any atom is 0.343 e. The van der Waals surface area contributed by atoms with Crippen LogP contribution in [0.4, 0.5) is 5.69 Å². The fourth-order valence-electron chi connectivity index (χ4n) is 6.50. The molecule has 2 bridgehead atoms. The van der Waals surface area contributed by atoms with Gasteiger partial charge in [0.2, 0.25) is 0 Å². The molecule has 0 aromatic heterocycles. The number of hydrogen-bond donors (Lipinski definition) is 2. The largest absolute Gasteiger partial charge is 0.478 e. The molecule has 0 radical (unpaired) electrons. The maximum atomic E-state index is 12.4. The van der Waals surface area contributed by atoms with Gasteiger partial charge in [-0.15, -0.1) is 0 Å². The number of carbonyl (C=O) groups is 2. The minimum atomic E-state index is -0.900. The van der Waals surface area contributed by atoms with Crippen LogP contribution in [0.25, 0.3) is 0 Å². The summed E-state index contributed by atoms with van der Waals surface area (Å²) in [6.45, 7) is 0. The van der Waals surface area contributed by atoms with Gasteiger partial charge in [-0.2, -0.15) is 0 Å². The summed E-state index contributed by atoms with van der Waals surface area (Å²) in [7, 11) is 0. The molecule has 33 heavy (non-hydrogen) atoms. The smallest absolute Gasteiger partial charge is 0.343 e. The summed E-state index contributed by atoms with van der Waals surface area (Å²) in [6, 6.07) is 22.3. The standard InChI is InChI=1S/C28H25NO4/c30-27(31)22-8-4-7-21-23-18-9-10-19(15-18)24(23)25(29-26(21)22)16-11-13-20(14-12-16)33-28(32)17-5-2-1-3-6-17/h1-8,11-14,18-19,23-25,29H,9-10,15H2,(H,30,31)/t18-,19-,23-,24+,25-/m0/s1. The number of carbonyl (C=O) groups excluding carboxylic acids is 1. The molecule has 2 saturated carbocycles. The van der Waals surface area contributed by atoms with E-state index in [9.17, 15) is 14.7 Å². The van der Waals surface area contributed by atoms with E-state index in [1.807, 2.05) is 48.5 Å². The van der Waals surface area contributed by atoms with Gasteiger partial charge in [0.25, 0.3) is 0 Å². The minimum absolute atomic E-state index is 0.0391. The number of benzene rings is 3. The lowest BCUT2D eigenvalue weighted by Crippen LogP contribution is -2.36. The molecule has 166 valence electrons. The molecular formula is C28H25NO4. The Hall–Kier alpha value is -3.60. The van der Waals surface area contributed by atoms with E-state index < -0.39 is 5.97 Å². The summed E-state index contributed by atoms with van der Waals surface area (Å²) in [5.74, 6) is 1.32.